The van der Waals surface area contributed by atoms with Crippen LogP contribution in [0.3, 0.4) is 0 Å². The molecular formula is C9H9N2O3+. The summed E-state index contributed by atoms with van der Waals surface area (Å²) in [6.45, 7) is 0. The zero-order valence-corrected chi connectivity index (χ0v) is 7.85. The van der Waals surface area contributed by atoms with E-state index in [2.05, 4.69) is 9.71 Å². The van der Waals surface area contributed by atoms with Gasteiger partial charge >= 0.3 is 11.7 Å². The van der Waals surface area contributed by atoms with E-state index >= 15 is 0 Å². The van der Waals surface area contributed by atoms with Gasteiger partial charge in [0.2, 0.25) is 5.39 Å². The predicted octanol–water partition coefficient (Wildman–Crippen LogP) is 1.97. The van der Waals surface area contributed by atoms with Gasteiger partial charge in [0.15, 0.2) is 10.5 Å². The van der Waals surface area contributed by atoms with Gasteiger partial charge in [-0.25, -0.2) is 4.79 Å². The lowest BCUT2D eigenvalue weighted by molar-refractivity contribution is 0.0598. The highest BCUT2D eigenvalue weighted by Gasteiger charge is 2.25. The summed E-state index contributed by atoms with van der Waals surface area (Å²) in [5.74, 6) is -0.289. The number of carbonyl (C=O) groups excluding carboxylic acids is 1. The van der Waals surface area contributed by atoms with E-state index in [4.69, 9.17) is 10.1 Å². The number of diazo groups is 1. The standard InChI is InChI=1S/C9H9N2O3/c1-13-7-5-3-4-6(11-10)8(7)9(12)14-2/h3-5H,1-2H3/q+1. The maximum atomic E-state index is 11.3. The largest absolute Gasteiger partial charge is 0.496 e. The summed E-state index contributed by atoms with van der Waals surface area (Å²) in [6, 6.07) is 4.68. The van der Waals surface area contributed by atoms with Gasteiger partial charge < -0.3 is 9.47 Å². The normalized spacial score (nSPS) is 8.93. The molecule has 0 spiro atoms. The van der Waals surface area contributed by atoms with Crippen molar-refractivity contribution in [2.75, 3.05) is 14.2 Å². The first kappa shape index (κ1) is 9.99. The molecule has 1 aromatic carbocycles. The number of rotatable bonds is 2. The minimum absolute atomic E-state index is 0.111. The quantitative estimate of drug-likeness (QED) is 0.532. The van der Waals surface area contributed by atoms with Gasteiger partial charge in [0, 0.05) is 6.07 Å². The average molecular weight is 193 g/mol. The van der Waals surface area contributed by atoms with Gasteiger partial charge in [0.05, 0.1) is 14.2 Å². The van der Waals surface area contributed by atoms with Gasteiger partial charge in [-0.1, -0.05) is 6.07 Å². The maximum absolute atomic E-state index is 11.3. The van der Waals surface area contributed by atoms with Crippen LogP contribution in [0.4, 0.5) is 5.69 Å². The zero-order chi connectivity index (χ0) is 10.6. The smallest absolute Gasteiger partial charge is 0.403 e. The number of methoxy groups -OCH3 is 2. The number of benzene rings is 1. The minimum atomic E-state index is -0.602. The third kappa shape index (κ3) is 1.64. The van der Waals surface area contributed by atoms with Crippen molar-refractivity contribution in [3.05, 3.63) is 28.7 Å². The van der Waals surface area contributed by atoms with Crippen molar-refractivity contribution in [1.82, 2.24) is 0 Å². The summed E-state index contributed by atoms with van der Waals surface area (Å²) < 4.78 is 9.47. The van der Waals surface area contributed by atoms with E-state index in [1.807, 2.05) is 0 Å². The molecule has 0 amide bonds. The molecule has 0 aromatic heterocycles. The Bertz CT molecular complexity index is 396. The summed E-state index contributed by atoms with van der Waals surface area (Å²) in [7, 11) is 2.67. The van der Waals surface area contributed by atoms with Crippen molar-refractivity contribution in [3.8, 4) is 5.75 Å². The Morgan fingerprint density at radius 3 is 2.64 bits per heavy atom. The van der Waals surface area contributed by atoms with Crippen LogP contribution in [0, 0.1) is 5.39 Å². The Kier molecular flexibility index (Phi) is 3.02. The van der Waals surface area contributed by atoms with Crippen molar-refractivity contribution in [1.29, 1.82) is 5.39 Å². The van der Waals surface area contributed by atoms with Crippen LogP contribution in [0.2, 0.25) is 0 Å². The molecule has 0 heterocycles. The summed E-state index contributed by atoms with van der Waals surface area (Å²) in [4.78, 5) is 14.3. The van der Waals surface area contributed by atoms with Gasteiger partial charge in [0.1, 0.15) is 5.75 Å². The molecule has 0 bridgehead atoms. The first-order valence-corrected chi connectivity index (χ1v) is 3.85. The van der Waals surface area contributed by atoms with Crippen molar-refractivity contribution in [2.45, 2.75) is 0 Å². The first-order valence-electron chi connectivity index (χ1n) is 3.85. The molecular weight excluding hydrogens is 184 g/mol. The van der Waals surface area contributed by atoms with Crippen molar-refractivity contribution >= 4 is 11.7 Å². The second kappa shape index (κ2) is 4.23. The average Bonchev–Trinajstić information content (AvgIpc) is 2.26. The predicted molar refractivity (Wildman–Crippen MR) is 49.1 cm³/mol. The van der Waals surface area contributed by atoms with Crippen molar-refractivity contribution in [2.24, 2.45) is 0 Å². The lowest BCUT2D eigenvalue weighted by atomic mass is 10.1. The third-order valence-corrected chi connectivity index (χ3v) is 1.72. The second-order valence-electron chi connectivity index (χ2n) is 2.45. The third-order valence-electron chi connectivity index (χ3n) is 1.72. The molecule has 14 heavy (non-hydrogen) atoms. The summed E-state index contributed by atoms with van der Waals surface area (Å²) in [5.41, 5.74) is 0.233. The van der Waals surface area contributed by atoms with E-state index in [1.165, 1.54) is 20.3 Å². The number of ether oxygens (including phenoxy) is 2. The highest BCUT2D eigenvalue weighted by atomic mass is 16.5. The van der Waals surface area contributed by atoms with Gasteiger partial charge in [0.25, 0.3) is 0 Å². The number of nitrogens with zero attached hydrogens (tertiary/aromatic N) is 2. The van der Waals surface area contributed by atoms with Crippen LogP contribution in [-0.4, -0.2) is 20.2 Å². The van der Waals surface area contributed by atoms with Crippen LogP contribution < -0.4 is 4.74 Å². The van der Waals surface area contributed by atoms with Crippen LogP contribution in [-0.2, 0) is 4.74 Å². The Hall–Kier alpha value is -2.09. The molecule has 0 unspecified atom stereocenters. The van der Waals surface area contributed by atoms with Crippen molar-refractivity contribution in [3.63, 3.8) is 0 Å². The molecule has 0 aliphatic carbocycles. The molecule has 0 radical (unpaired) electrons. The molecule has 72 valence electrons. The lowest BCUT2D eigenvalue weighted by Gasteiger charge is -2.02. The lowest BCUT2D eigenvalue weighted by Crippen LogP contribution is -2.03. The Labute approximate surface area is 80.9 Å². The molecule has 0 saturated carbocycles. The van der Waals surface area contributed by atoms with Crippen LogP contribution in [0.25, 0.3) is 4.98 Å². The van der Waals surface area contributed by atoms with Gasteiger partial charge in [-0.2, -0.15) is 0 Å². The molecule has 0 aliphatic rings. The minimum Gasteiger partial charge on any atom is -0.496 e. The van der Waals surface area contributed by atoms with E-state index in [9.17, 15) is 4.79 Å². The summed E-state index contributed by atoms with van der Waals surface area (Å²) in [5, 5.41) is 8.64. The Balaban J connectivity index is 3.35. The van der Waals surface area contributed by atoms with E-state index in [0.29, 0.717) is 5.75 Å². The topological polar surface area (TPSA) is 63.7 Å². The van der Waals surface area contributed by atoms with E-state index in [0.717, 1.165) is 0 Å². The monoisotopic (exact) mass is 193 g/mol. The SMILES string of the molecule is COC(=O)c1c([N+]#N)cccc1OC. The van der Waals surface area contributed by atoms with Crippen LogP contribution in [0.15, 0.2) is 18.2 Å². The van der Waals surface area contributed by atoms with Crippen LogP contribution >= 0.6 is 0 Å². The molecule has 0 saturated heterocycles. The molecule has 0 N–H and O–H groups in total. The van der Waals surface area contributed by atoms with E-state index in [-0.39, 0.29) is 11.3 Å². The van der Waals surface area contributed by atoms with Gasteiger partial charge in [-0.3, -0.25) is 0 Å². The molecule has 1 aromatic rings. The fourth-order valence-corrected chi connectivity index (χ4v) is 1.08. The molecule has 0 aliphatic heterocycles. The summed E-state index contributed by atoms with van der Waals surface area (Å²) >= 11 is 0. The molecule has 5 heteroatoms. The highest BCUT2D eigenvalue weighted by molar-refractivity contribution is 5.98. The fourth-order valence-electron chi connectivity index (χ4n) is 1.08. The number of esters is 1. The van der Waals surface area contributed by atoms with Gasteiger partial charge in [-0.05, 0) is 6.07 Å². The second-order valence-corrected chi connectivity index (χ2v) is 2.45. The number of hydrogen-bond acceptors (Lipinski definition) is 4. The maximum Gasteiger partial charge on any atom is 0.403 e. The van der Waals surface area contributed by atoms with Crippen LogP contribution in [0.1, 0.15) is 10.4 Å². The Morgan fingerprint density at radius 1 is 1.43 bits per heavy atom. The number of carbonyl (C=O) groups is 1. The van der Waals surface area contributed by atoms with E-state index < -0.39 is 5.97 Å². The summed E-state index contributed by atoms with van der Waals surface area (Å²) in [6.07, 6.45) is 0. The van der Waals surface area contributed by atoms with Crippen LogP contribution in [0.5, 0.6) is 5.75 Å². The molecule has 0 atom stereocenters. The molecule has 0 fully saturated rings. The molecule has 1 rings (SSSR count). The van der Waals surface area contributed by atoms with Crippen molar-refractivity contribution < 1.29 is 14.3 Å². The zero-order valence-electron chi connectivity index (χ0n) is 7.85. The highest BCUT2D eigenvalue weighted by Crippen LogP contribution is 2.28. The van der Waals surface area contributed by atoms with E-state index in [1.54, 1.807) is 12.1 Å². The fraction of sp³-hybridized carbons (Fsp3) is 0.222. The Morgan fingerprint density at radius 2 is 2.14 bits per heavy atom. The first-order chi connectivity index (χ1) is 6.74. The van der Waals surface area contributed by atoms with Gasteiger partial charge in [-0.15, -0.1) is 0 Å². The molecule has 5 nitrogen and oxygen atoms in total. The number of hydrogen-bond donors (Lipinski definition) is 0.